The number of aromatic nitrogens is 2. The number of benzene rings is 3. The molecule has 1 aliphatic rings. The Kier molecular flexibility index (Phi) is 5.69. The molecule has 0 saturated carbocycles. The van der Waals surface area contributed by atoms with Gasteiger partial charge in [0.1, 0.15) is 5.82 Å². The Hall–Kier alpha value is -3.56. The first-order chi connectivity index (χ1) is 16.6. The highest BCUT2D eigenvalue weighted by atomic mass is 32.2. The van der Waals surface area contributed by atoms with Gasteiger partial charge in [0.05, 0.1) is 41.7 Å². The third-order valence-corrected chi connectivity index (χ3v) is 7.12. The summed E-state index contributed by atoms with van der Waals surface area (Å²) in [6.07, 6.45) is 2.80. The highest BCUT2D eigenvalue weighted by Gasteiger charge is 2.48. The van der Waals surface area contributed by atoms with Crippen LogP contribution in [0.4, 0.5) is 10.1 Å². The van der Waals surface area contributed by atoms with Crippen LogP contribution in [-0.2, 0) is 14.8 Å². The minimum atomic E-state index is -3.55. The van der Waals surface area contributed by atoms with Crippen LogP contribution in [0.5, 0.6) is 0 Å². The van der Waals surface area contributed by atoms with E-state index in [1.165, 1.54) is 12.1 Å². The van der Waals surface area contributed by atoms with Gasteiger partial charge < -0.3 is 4.90 Å². The van der Waals surface area contributed by atoms with Crippen molar-refractivity contribution in [2.45, 2.75) is 25.9 Å². The van der Waals surface area contributed by atoms with Crippen LogP contribution in [0.15, 0.2) is 72.9 Å². The Balaban J connectivity index is 1.61. The van der Waals surface area contributed by atoms with Gasteiger partial charge in [-0.05, 0) is 55.0 Å². The fourth-order valence-corrected chi connectivity index (χ4v) is 5.64. The molecule has 1 aliphatic heterocycles. The zero-order valence-electron chi connectivity index (χ0n) is 19.5. The number of halogens is 1. The first kappa shape index (κ1) is 23.2. The van der Waals surface area contributed by atoms with E-state index in [4.69, 9.17) is 0 Å². The first-order valence-electron chi connectivity index (χ1n) is 11.2. The number of carbonyl (C=O) groups is 1. The Bertz CT molecular complexity index is 1530. The Morgan fingerprint density at radius 2 is 1.71 bits per heavy atom. The molecule has 4 aromatic rings. The van der Waals surface area contributed by atoms with Crippen LogP contribution in [0, 0.1) is 18.7 Å². The van der Waals surface area contributed by atoms with Crippen LogP contribution in [0.25, 0.3) is 16.6 Å². The topological polar surface area (TPSA) is 84.3 Å². The minimum absolute atomic E-state index is 0.164. The summed E-state index contributed by atoms with van der Waals surface area (Å²) >= 11 is 0. The molecule has 1 amide bonds. The molecule has 0 bridgehead atoms. The van der Waals surface area contributed by atoms with Crippen LogP contribution < -0.4 is 9.62 Å². The van der Waals surface area contributed by atoms with E-state index in [0.717, 1.165) is 34.0 Å². The van der Waals surface area contributed by atoms with Crippen molar-refractivity contribution < 1.29 is 17.6 Å². The number of nitrogens with one attached hydrogen (secondary N) is 1. The number of fused-ring (bicyclic) bond motifs is 1. The zero-order chi connectivity index (χ0) is 24.9. The summed E-state index contributed by atoms with van der Waals surface area (Å²) in [4.78, 5) is 15.2. The molecular weight excluding hydrogens is 467 g/mol. The van der Waals surface area contributed by atoms with E-state index in [0.29, 0.717) is 5.69 Å². The quantitative estimate of drug-likeness (QED) is 0.454. The molecule has 7 nitrogen and oxygen atoms in total. The van der Waals surface area contributed by atoms with Crippen LogP contribution >= 0.6 is 0 Å². The molecule has 3 atom stereocenters. The Morgan fingerprint density at radius 3 is 2.40 bits per heavy atom. The SMILES string of the molecule is Cc1cccc(C2[C@@H](NS(C)(=O)=O)[C@@H](C)C(=O)N2c2ccc3c(cnn3-c3ccc(F)cc3)c2)c1. The first-order valence-corrected chi connectivity index (χ1v) is 13.1. The number of sulfonamides is 1. The molecular formula is C26H25FN4O3S. The number of carbonyl (C=O) groups excluding carboxylic acids is 1. The summed E-state index contributed by atoms with van der Waals surface area (Å²) in [5.41, 5.74) is 4.04. The second-order valence-electron chi connectivity index (χ2n) is 9.05. The van der Waals surface area contributed by atoms with Crippen molar-refractivity contribution in [3.63, 3.8) is 0 Å². The van der Waals surface area contributed by atoms with E-state index in [1.54, 1.807) is 34.8 Å². The highest BCUT2D eigenvalue weighted by molar-refractivity contribution is 7.88. The van der Waals surface area contributed by atoms with Gasteiger partial charge in [-0.3, -0.25) is 4.79 Å². The number of nitrogens with zero attached hydrogens (tertiary/aromatic N) is 3. The van der Waals surface area contributed by atoms with Gasteiger partial charge in [0.15, 0.2) is 0 Å². The lowest BCUT2D eigenvalue weighted by Crippen LogP contribution is -2.41. The molecule has 2 heterocycles. The Morgan fingerprint density at radius 1 is 1.00 bits per heavy atom. The van der Waals surface area contributed by atoms with E-state index in [-0.39, 0.29) is 11.7 Å². The van der Waals surface area contributed by atoms with Crippen molar-refractivity contribution in [1.82, 2.24) is 14.5 Å². The van der Waals surface area contributed by atoms with Crippen molar-refractivity contribution in [3.05, 3.63) is 89.9 Å². The zero-order valence-corrected chi connectivity index (χ0v) is 20.3. The number of hydrogen-bond acceptors (Lipinski definition) is 4. The summed E-state index contributed by atoms with van der Waals surface area (Å²) < 4.78 is 42.1. The fraction of sp³-hybridized carbons (Fsp3) is 0.231. The van der Waals surface area contributed by atoms with Crippen molar-refractivity contribution in [2.75, 3.05) is 11.2 Å². The van der Waals surface area contributed by atoms with Gasteiger partial charge in [-0.2, -0.15) is 5.10 Å². The van der Waals surface area contributed by atoms with E-state index >= 15 is 0 Å². The molecule has 1 saturated heterocycles. The van der Waals surface area contributed by atoms with E-state index < -0.39 is 28.0 Å². The van der Waals surface area contributed by atoms with E-state index in [1.807, 2.05) is 49.4 Å². The predicted octanol–water partition coefficient (Wildman–Crippen LogP) is 4.11. The standard InChI is InChI=1S/C26H25FN4O3S/c1-16-5-4-6-18(13-16)25-24(29-35(3,33)34)17(2)26(32)30(25)22-11-12-23-19(14-22)15-28-31(23)21-9-7-20(27)8-10-21/h4-15,17,24-25,29H,1-3H3/t17-,24+,25?/m1/s1. The second kappa shape index (κ2) is 8.58. The average molecular weight is 493 g/mol. The summed E-state index contributed by atoms with van der Waals surface area (Å²) in [5.74, 6) is -1.05. The van der Waals surface area contributed by atoms with Crippen molar-refractivity contribution in [1.29, 1.82) is 0 Å². The third kappa shape index (κ3) is 4.33. The molecule has 9 heteroatoms. The maximum atomic E-state index is 13.5. The Labute approximate surface area is 203 Å². The largest absolute Gasteiger partial charge is 0.303 e. The smallest absolute Gasteiger partial charge is 0.232 e. The van der Waals surface area contributed by atoms with Crippen LogP contribution in [0.1, 0.15) is 24.1 Å². The molecule has 0 spiro atoms. The summed E-state index contributed by atoms with van der Waals surface area (Å²) in [6, 6.07) is 18.2. The molecule has 5 rings (SSSR count). The van der Waals surface area contributed by atoms with Gasteiger partial charge in [-0.15, -0.1) is 0 Å². The van der Waals surface area contributed by atoms with Crippen LogP contribution in [0.3, 0.4) is 0 Å². The molecule has 1 N–H and O–H groups in total. The summed E-state index contributed by atoms with van der Waals surface area (Å²) in [5, 5.41) is 5.25. The van der Waals surface area contributed by atoms with Crippen molar-refractivity contribution >= 4 is 32.5 Å². The van der Waals surface area contributed by atoms with Gasteiger partial charge in [-0.25, -0.2) is 22.2 Å². The molecule has 0 aliphatic carbocycles. The number of anilines is 1. The van der Waals surface area contributed by atoms with Gasteiger partial charge in [-0.1, -0.05) is 36.8 Å². The number of amides is 1. The minimum Gasteiger partial charge on any atom is -0.303 e. The number of aryl methyl sites for hydroxylation is 1. The van der Waals surface area contributed by atoms with Gasteiger partial charge >= 0.3 is 0 Å². The highest BCUT2D eigenvalue weighted by Crippen LogP contribution is 2.41. The molecule has 1 unspecified atom stereocenters. The van der Waals surface area contributed by atoms with Crippen molar-refractivity contribution in [2.24, 2.45) is 5.92 Å². The lowest BCUT2D eigenvalue weighted by Gasteiger charge is -2.29. The van der Waals surface area contributed by atoms with E-state index in [2.05, 4.69) is 9.82 Å². The van der Waals surface area contributed by atoms with Crippen LogP contribution in [0.2, 0.25) is 0 Å². The van der Waals surface area contributed by atoms with Crippen molar-refractivity contribution in [3.8, 4) is 5.69 Å². The lowest BCUT2D eigenvalue weighted by molar-refractivity contribution is -0.120. The number of rotatable bonds is 5. The molecule has 1 aromatic heterocycles. The maximum absolute atomic E-state index is 13.5. The molecule has 1 fully saturated rings. The molecule has 180 valence electrons. The molecule has 3 aromatic carbocycles. The number of hydrogen-bond donors (Lipinski definition) is 1. The summed E-state index contributed by atoms with van der Waals surface area (Å²) in [6.45, 7) is 3.71. The maximum Gasteiger partial charge on any atom is 0.232 e. The van der Waals surface area contributed by atoms with Crippen LogP contribution in [-0.4, -0.2) is 36.4 Å². The molecule has 0 radical (unpaired) electrons. The fourth-order valence-electron chi connectivity index (χ4n) is 4.81. The second-order valence-corrected chi connectivity index (χ2v) is 10.8. The monoisotopic (exact) mass is 492 g/mol. The third-order valence-electron chi connectivity index (χ3n) is 6.42. The normalized spacial score (nSPS) is 20.6. The van der Waals surface area contributed by atoms with Gasteiger partial charge in [0, 0.05) is 11.1 Å². The average Bonchev–Trinajstić information content (AvgIpc) is 3.33. The van der Waals surface area contributed by atoms with Gasteiger partial charge in [0.2, 0.25) is 15.9 Å². The van der Waals surface area contributed by atoms with Gasteiger partial charge in [0.25, 0.3) is 0 Å². The summed E-state index contributed by atoms with van der Waals surface area (Å²) in [7, 11) is -3.55. The van der Waals surface area contributed by atoms with E-state index in [9.17, 15) is 17.6 Å². The predicted molar refractivity (Wildman–Crippen MR) is 133 cm³/mol. The lowest BCUT2D eigenvalue weighted by atomic mass is 9.94. The molecule has 35 heavy (non-hydrogen) atoms.